The van der Waals surface area contributed by atoms with E-state index in [0.29, 0.717) is 28.7 Å². The normalized spacial score (nSPS) is 10.4. The molecule has 0 fully saturated rings. The Morgan fingerprint density at radius 2 is 2.04 bits per heavy atom. The lowest BCUT2D eigenvalue weighted by atomic mass is 10.1. The van der Waals surface area contributed by atoms with Gasteiger partial charge in [-0.05, 0) is 49.2 Å². The third kappa shape index (κ3) is 4.42. The predicted molar refractivity (Wildman–Crippen MR) is 101 cm³/mol. The SMILES string of the molecule is CCCOc1c(Cl)cc(C(=O)Nc2ccc(Br)cc2C)cc1OC. The van der Waals surface area contributed by atoms with E-state index in [1.807, 2.05) is 32.0 Å². The van der Waals surface area contributed by atoms with Gasteiger partial charge in [0, 0.05) is 15.7 Å². The first-order valence-corrected chi connectivity index (χ1v) is 8.71. The molecule has 0 aromatic heterocycles. The van der Waals surface area contributed by atoms with Crippen molar-refractivity contribution in [3.05, 3.63) is 51.0 Å². The van der Waals surface area contributed by atoms with Crippen molar-refractivity contribution in [3.63, 3.8) is 0 Å². The zero-order chi connectivity index (χ0) is 17.7. The van der Waals surface area contributed by atoms with Crippen molar-refractivity contribution >= 4 is 39.1 Å². The minimum atomic E-state index is -0.261. The number of methoxy groups -OCH3 is 1. The zero-order valence-electron chi connectivity index (χ0n) is 13.8. The number of anilines is 1. The number of aryl methyl sites for hydroxylation is 1. The first-order valence-electron chi connectivity index (χ1n) is 7.54. The Hall–Kier alpha value is -1.72. The summed E-state index contributed by atoms with van der Waals surface area (Å²) in [4.78, 5) is 12.5. The number of hydrogen-bond acceptors (Lipinski definition) is 3. The van der Waals surface area contributed by atoms with Gasteiger partial charge >= 0.3 is 0 Å². The quantitative estimate of drug-likeness (QED) is 0.685. The second-order valence-corrected chi connectivity index (χ2v) is 6.57. The van der Waals surface area contributed by atoms with Crippen LogP contribution < -0.4 is 14.8 Å². The molecule has 0 saturated carbocycles. The molecule has 2 aromatic rings. The highest BCUT2D eigenvalue weighted by atomic mass is 79.9. The molecular weight excluding hydrogens is 394 g/mol. The molecule has 2 rings (SSSR count). The van der Waals surface area contributed by atoms with E-state index in [0.717, 1.165) is 22.1 Å². The van der Waals surface area contributed by atoms with Crippen LogP contribution in [0.25, 0.3) is 0 Å². The summed E-state index contributed by atoms with van der Waals surface area (Å²) in [5.41, 5.74) is 2.10. The molecule has 0 atom stereocenters. The molecule has 1 N–H and O–H groups in total. The maximum absolute atomic E-state index is 12.5. The summed E-state index contributed by atoms with van der Waals surface area (Å²) in [5, 5.41) is 3.23. The van der Waals surface area contributed by atoms with Crippen LogP contribution in [-0.2, 0) is 0 Å². The smallest absolute Gasteiger partial charge is 0.255 e. The second kappa shape index (κ2) is 8.40. The molecule has 6 heteroatoms. The van der Waals surface area contributed by atoms with Gasteiger partial charge in [0.05, 0.1) is 18.7 Å². The lowest BCUT2D eigenvalue weighted by molar-refractivity contribution is 0.102. The van der Waals surface area contributed by atoms with Crippen LogP contribution in [0.3, 0.4) is 0 Å². The Labute approximate surface area is 155 Å². The molecule has 0 saturated heterocycles. The highest BCUT2D eigenvalue weighted by Gasteiger charge is 2.16. The average molecular weight is 413 g/mol. The van der Waals surface area contributed by atoms with E-state index < -0.39 is 0 Å². The third-order valence-corrected chi connectivity index (χ3v) is 4.15. The molecule has 24 heavy (non-hydrogen) atoms. The molecule has 0 aliphatic carbocycles. The second-order valence-electron chi connectivity index (χ2n) is 5.25. The van der Waals surface area contributed by atoms with Crippen LogP contribution in [0.5, 0.6) is 11.5 Å². The molecule has 128 valence electrons. The molecular formula is C18H19BrClNO3. The molecule has 2 aromatic carbocycles. The van der Waals surface area contributed by atoms with Crippen molar-refractivity contribution in [1.82, 2.24) is 0 Å². The van der Waals surface area contributed by atoms with Crippen LogP contribution in [0.4, 0.5) is 5.69 Å². The lowest BCUT2D eigenvalue weighted by Crippen LogP contribution is -2.13. The van der Waals surface area contributed by atoms with Gasteiger partial charge in [-0.15, -0.1) is 0 Å². The first kappa shape index (κ1) is 18.6. The van der Waals surface area contributed by atoms with Crippen LogP contribution in [0.2, 0.25) is 5.02 Å². The standard InChI is InChI=1S/C18H19BrClNO3/c1-4-7-24-17-14(20)9-12(10-16(17)23-3)18(22)21-15-6-5-13(19)8-11(15)2/h5-6,8-10H,4,7H2,1-3H3,(H,21,22). The fourth-order valence-electron chi connectivity index (χ4n) is 2.16. The van der Waals surface area contributed by atoms with Gasteiger partial charge in [0.1, 0.15) is 0 Å². The number of carbonyl (C=O) groups excluding carboxylic acids is 1. The molecule has 0 aliphatic heterocycles. The topological polar surface area (TPSA) is 47.6 Å². The van der Waals surface area contributed by atoms with Gasteiger partial charge in [-0.25, -0.2) is 0 Å². The Kier molecular flexibility index (Phi) is 6.52. The van der Waals surface area contributed by atoms with Crippen LogP contribution >= 0.6 is 27.5 Å². The number of nitrogens with one attached hydrogen (secondary N) is 1. The summed E-state index contributed by atoms with van der Waals surface area (Å²) in [6.45, 7) is 4.46. The molecule has 1 amide bonds. The van der Waals surface area contributed by atoms with Crippen molar-refractivity contribution in [2.75, 3.05) is 19.0 Å². The van der Waals surface area contributed by atoms with E-state index in [2.05, 4.69) is 21.2 Å². The molecule has 0 heterocycles. The van der Waals surface area contributed by atoms with Crippen molar-refractivity contribution < 1.29 is 14.3 Å². The van der Waals surface area contributed by atoms with E-state index >= 15 is 0 Å². The van der Waals surface area contributed by atoms with E-state index in [4.69, 9.17) is 21.1 Å². The Morgan fingerprint density at radius 1 is 1.29 bits per heavy atom. The number of rotatable bonds is 6. The number of amides is 1. The summed E-state index contributed by atoms with van der Waals surface area (Å²) in [5.74, 6) is 0.633. The highest BCUT2D eigenvalue weighted by Crippen LogP contribution is 2.36. The number of benzene rings is 2. The molecule has 0 bridgehead atoms. The van der Waals surface area contributed by atoms with E-state index in [1.54, 1.807) is 12.1 Å². The summed E-state index contributed by atoms with van der Waals surface area (Å²) >= 11 is 9.66. The molecule has 0 radical (unpaired) electrons. The van der Waals surface area contributed by atoms with Crippen molar-refractivity contribution in [2.45, 2.75) is 20.3 Å². The van der Waals surface area contributed by atoms with Crippen LogP contribution in [0.1, 0.15) is 29.3 Å². The van der Waals surface area contributed by atoms with Gasteiger partial charge in [-0.1, -0.05) is 34.5 Å². The predicted octanol–water partition coefficient (Wildman–Crippen LogP) is 5.46. The third-order valence-electron chi connectivity index (χ3n) is 3.38. The van der Waals surface area contributed by atoms with E-state index in [1.165, 1.54) is 7.11 Å². The molecule has 0 unspecified atom stereocenters. The Balaban J connectivity index is 2.27. The first-order chi connectivity index (χ1) is 11.5. The monoisotopic (exact) mass is 411 g/mol. The van der Waals surface area contributed by atoms with E-state index in [9.17, 15) is 4.79 Å². The lowest BCUT2D eigenvalue weighted by Gasteiger charge is -2.14. The average Bonchev–Trinajstić information content (AvgIpc) is 2.55. The van der Waals surface area contributed by atoms with Gasteiger partial charge in [0.25, 0.3) is 5.91 Å². The van der Waals surface area contributed by atoms with Gasteiger partial charge in [-0.2, -0.15) is 0 Å². The van der Waals surface area contributed by atoms with Crippen LogP contribution in [-0.4, -0.2) is 19.6 Å². The summed E-state index contributed by atoms with van der Waals surface area (Å²) in [6.07, 6.45) is 0.852. The van der Waals surface area contributed by atoms with Crippen LogP contribution in [0, 0.1) is 6.92 Å². The van der Waals surface area contributed by atoms with Crippen molar-refractivity contribution in [1.29, 1.82) is 0 Å². The maximum atomic E-state index is 12.5. The van der Waals surface area contributed by atoms with E-state index in [-0.39, 0.29) is 5.91 Å². The number of ether oxygens (including phenoxy) is 2. The summed E-state index contributed by atoms with van der Waals surface area (Å²) < 4.78 is 11.9. The molecule has 0 aliphatic rings. The number of carbonyl (C=O) groups is 1. The molecule has 4 nitrogen and oxygen atoms in total. The molecule has 0 spiro atoms. The van der Waals surface area contributed by atoms with Gasteiger partial charge in [0.2, 0.25) is 0 Å². The fourth-order valence-corrected chi connectivity index (χ4v) is 2.90. The minimum absolute atomic E-state index is 0.261. The minimum Gasteiger partial charge on any atom is -0.493 e. The summed E-state index contributed by atoms with van der Waals surface area (Å²) in [7, 11) is 1.52. The largest absolute Gasteiger partial charge is 0.493 e. The fraction of sp³-hybridized carbons (Fsp3) is 0.278. The summed E-state index contributed by atoms with van der Waals surface area (Å²) in [6, 6.07) is 8.86. The van der Waals surface area contributed by atoms with Crippen LogP contribution in [0.15, 0.2) is 34.8 Å². The van der Waals surface area contributed by atoms with Gasteiger partial charge in [-0.3, -0.25) is 4.79 Å². The number of halogens is 2. The highest BCUT2D eigenvalue weighted by molar-refractivity contribution is 9.10. The van der Waals surface area contributed by atoms with Gasteiger partial charge < -0.3 is 14.8 Å². The maximum Gasteiger partial charge on any atom is 0.255 e. The Morgan fingerprint density at radius 3 is 2.67 bits per heavy atom. The van der Waals surface area contributed by atoms with Crippen molar-refractivity contribution in [3.8, 4) is 11.5 Å². The van der Waals surface area contributed by atoms with Gasteiger partial charge in [0.15, 0.2) is 11.5 Å². The van der Waals surface area contributed by atoms with Crippen molar-refractivity contribution in [2.24, 2.45) is 0 Å². The zero-order valence-corrected chi connectivity index (χ0v) is 16.1. The Bertz CT molecular complexity index is 749. The number of hydrogen-bond donors (Lipinski definition) is 1.